The highest BCUT2D eigenvalue weighted by Gasteiger charge is 2.32. The molecule has 0 aliphatic carbocycles. The number of Topliss-reactive ketones (excluding diaryl/α,β-unsaturated/α-hetero) is 1. The number of thioether (sulfide) groups is 1. The molecule has 8 heteroatoms. The van der Waals surface area contributed by atoms with E-state index in [1.54, 1.807) is 30.3 Å². The highest BCUT2D eigenvalue weighted by Crippen LogP contribution is 2.28. The number of nitrogens with one attached hydrogen (secondary N) is 1. The number of hydrogen-bond acceptors (Lipinski definition) is 6. The predicted molar refractivity (Wildman–Crippen MR) is 106 cm³/mol. The maximum atomic E-state index is 12.7. The normalized spacial score (nSPS) is 12.7. The number of aryl methyl sites for hydroxylation is 1. The van der Waals surface area contributed by atoms with Crippen molar-refractivity contribution >= 4 is 27.4 Å². The summed E-state index contributed by atoms with van der Waals surface area (Å²) in [6.07, 6.45) is 1.98. The Morgan fingerprint density at radius 1 is 1.11 bits per heavy atom. The number of hydrogen-bond donors (Lipinski definition) is 1. The Kier molecular flexibility index (Phi) is 5.76. The van der Waals surface area contributed by atoms with Crippen LogP contribution in [0.25, 0.3) is 11.4 Å². The second-order valence-corrected chi connectivity index (χ2v) is 9.53. The average Bonchev–Trinajstić information content (AvgIpc) is 3.14. The molecule has 0 fully saturated rings. The van der Waals surface area contributed by atoms with Gasteiger partial charge in [-0.2, -0.15) is 0 Å². The number of ketones is 1. The molecule has 140 valence electrons. The van der Waals surface area contributed by atoms with Crippen LogP contribution in [0.3, 0.4) is 0 Å². The molecule has 0 radical (unpaired) electrons. The second kappa shape index (κ2) is 8.06. The van der Waals surface area contributed by atoms with Gasteiger partial charge in [-0.3, -0.25) is 9.89 Å². The van der Waals surface area contributed by atoms with E-state index in [0.717, 1.165) is 30.0 Å². The Morgan fingerprint density at radius 3 is 2.37 bits per heavy atom. The van der Waals surface area contributed by atoms with Crippen molar-refractivity contribution in [1.29, 1.82) is 0 Å². The van der Waals surface area contributed by atoms with Crippen LogP contribution in [0.5, 0.6) is 0 Å². The smallest absolute Gasteiger partial charge is 0.210 e. The van der Waals surface area contributed by atoms with Gasteiger partial charge in [-0.15, -0.1) is 5.10 Å². The summed E-state index contributed by atoms with van der Waals surface area (Å²) < 4.78 is 23.1. The molecule has 0 amide bonds. The molecule has 3 rings (SSSR count). The van der Waals surface area contributed by atoms with Gasteiger partial charge in [0.25, 0.3) is 0 Å². The van der Waals surface area contributed by atoms with Gasteiger partial charge >= 0.3 is 0 Å². The van der Waals surface area contributed by atoms with E-state index in [0.29, 0.717) is 11.4 Å². The fourth-order valence-electron chi connectivity index (χ4n) is 2.50. The molecule has 1 unspecified atom stereocenters. The molecule has 0 saturated carbocycles. The Morgan fingerprint density at radius 2 is 1.78 bits per heavy atom. The third-order valence-corrected chi connectivity index (χ3v) is 7.13. The fourth-order valence-corrected chi connectivity index (χ4v) is 4.66. The molecular weight excluding hydrogens is 382 g/mol. The maximum absolute atomic E-state index is 12.7. The van der Waals surface area contributed by atoms with Crippen LogP contribution in [0.1, 0.15) is 22.8 Å². The molecule has 6 nitrogen and oxygen atoms in total. The molecule has 27 heavy (non-hydrogen) atoms. The van der Waals surface area contributed by atoms with E-state index in [2.05, 4.69) is 22.1 Å². The van der Waals surface area contributed by atoms with Gasteiger partial charge in [-0.05, 0) is 12.0 Å². The third kappa shape index (κ3) is 4.64. The number of nitrogens with zero attached hydrogens (tertiary/aromatic N) is 2. The molecule has 2 aromatic carbocycles. The topological polar surface area (TPSA) is 92.8 Å². The lowest BCUT2D eigenvalue weighted by molar-refractivity contribution is 0.101. The lowest BCUT2D eigenvalue weighted by Crippen LogP contribution is -2.26. The van der Waals surface area contributed by atoms with Crippen molar-refractivity contribution in [2.45, 2.75) is 23.1 Å². The summed E-state index contributed by atoms with van der Waals surface area (Å²) in [5, 5.41) is 7.09. The minimum absolute atomic E-state index is 0.212. The first-order valence-corrected chi connectivity index (χ1v) is 11.2. The minimum atomic E-state index is -3.66. The van der Waals surface area contributed by atoms with Crippen LogP contribution in [-0.4, -0.2) is 40.2 Å². The molecule has 0 bridgehead atoms. The third-order valence-electron chi connectivity index (χ3n) is 3.97. The number of aromatic amines is 1. The van der Waals surface area contributed by atoms with Crippen LogP contribution >= 0.6 is 11.8 Å². The lowest BCUT2D eigenvalue weighted by atomic mass is 10.1. The zero-order valence-electron chi connectivity index (χ0n) is 14.9. The van der Waals surface area contributed by atoms with E-state index >= 15 is 0 Å². The summed E-state index contributed by atoms with van der Waals surface area (Å²) in [5.74, 6) is 0.0429. The molecule has 0 aliphatic heterocycles. The highest BCUT2D eigenvalue weighted by atomic mass is 32.3. The van der Waals surface area contributed by atoms with Crippen molar-refractivity contribution in [3.8, 4) is 11.4 Å². The first-order valence-electron chi connectivity index (χ1n) is 8.35. The first-order chi connectivity index (χ1) is 12.9. The number of sulfone groups is 1. The maximum Gasteiger partial charge on any atom is 0.210 e. The predicted octanol–water partition coefficient (Wildman–Crippen LogP) is 3.38. The number of carbonyl (C=O) groups excluding carboxylic acids is 1. The number of carbonyl (C=O) groups is 1. The summed E-state index contributed by atoms with van der Waals surface area (Å²) >= 11 is 0.831. The number of rotatable bonds is 7. The van der Waals surface area contributed by atoms with Gasteiger partial charge in [0.15, 0.2) is 26.0 Å². The van der Waals surface area contributed by atoms with Crippen molar-refractivity contribution in [1.82, 2.24) is 15.2 Å². The molecule has 1 aromatic heterocycles. The van der Waals surface area contributed by atoms with Crippen LogP contribution in [0, 0.1) is 0 Å². The van der Waals surface area contributed by atoms with Crippen molar-refractivity contribution in [2.75, 3.05) is 6.26 Å². The zero-order chi connectivity index (χ0) is 19.4. The minimum Gasteiger partial charge on any atom is -0.292 e. The SMILES string of the molecule is CCc1ccc(-c2nc(SC(C(=O)c3ccccc3)S(C)(=O)=O)n[nH]2)cc1. The van der Waals surface area contributed by atoms with E-state index < -0.39 is 20.2 Å². The van der Waals surface area contributed by atoms with Gasteiger partial charge in [-0.25, -0.2) is 13.4 Å². The Bertz CT molecular complexity index is 1030. The molecule has 1 N–H and O–H groups in total. The van der Waals surface area contributed by atoms with E-state index in [4.69, 9.17) is 0 Å². The van der Waals surface area contributed by atoms with Gasteiger partial charge in [0.2, 0.25) is 5.16 Å². The summed E-state index contributed by atoms with van der Waals surface area (Å²) in [6, 6.07) is 16.2. The van der Waals surface area contributed by atoms with Crippen LogP contribution in [0.4, 0.5) is 0 Å². The largest absolute Gasteiger partial charge is 0.292 e. The standard InChI is InChI=1S/C19H19N3O3S2/c1-3-13-9-11-15(12-10-13)17-20-19(22-21-17)26-18(27(2,24)25)16(23)14-7-5-4-6-8-14/h4-12,18H,3H2,1-2H3,(H,20,21,22). The monoisotopic (exact) mass is 401 g/mol. The van der Waals surface area contributed by atoms with Gasteiger partial charge < -0.3 is 0 Å². The summed E-state index contributed by atoms with van der Waals surface area (Å²) in [6.45, 7) is 2.08. The van der Waals surface area contributed by atoms with E-state index in [1.807, 2.05) is 24.3 Å². The van der Waals surface area contributed by atoms with E-state index in [-0.39, 0.29) is 5.16 Å². The van der Waals surface area contributed by atoms with Crippen LogP contribution in [0.15, 0.2) is 59.8 Å². The van der Waals surface area contributed by atoms with Gasteiger partial charge in [0.1, 0.15) is 0 Å². The number of H-pyrrole nitrogens is 1. The zero-order valence-corrected chi connectivity index (χ0v) is 16.5. The quantitative estimate of drug-likeness (QED) is 0.482. The second-order valence-electron chi connectivity index (χ2n) is 6.03. The van der Waals surface area contributed by atoms with Crippen molar-refractivity contribution < 1.29 is 13.2 Å². The molecule has 0 saturated heterocycles. The first kappa shape index (κ1) is 19.3. The molecule has 0 aliphatic rings. The van der Waals surface area contributed by atoms with E-state index in [9.17, 15) is 13.2 Å². The van der Waals surface area contributed by atoms with Gasteiger partial charge in [0, 0.05) is 17.4 Å². The van der Waals surface area contributed by atoms with Crippen molar-refractivity contribution in [2.24, 2.45) is 0 Å². The Labute approximate surface area is 162 Å². The number of benzene rings is 2. The fraction of sp³-hybridized carbons (Fsp3) is 0.211. The van der Waals surface area contributed by atoms with Crippen LogP contribution in [0.2, 0.25) is 0 Å². The Hall–Kier alpha value is -2.45. The Balaban J connectivity index is 1.85. The highest BCUT2D eigenvalue weighted by molar-refractivity contribution is 8.14. The molecule has 1 atom stereocenters. The summed E-state index contributed by atoms with van der Waals surface area (Å²) in [4.78, 5) is 17.0. The van der Waals surface area contributed by atoms with Gasteiger partial charge in [-0.1, -0.05) is 73.3 Å². The van der Waals surface area contributed by atoms with Crippen LogP contribution < -0.4 is 0 Å². The lowest BCUT2D eigenvalue weighted by Gasteiger charge is -2.11. The summed E-state index contributed by atoms with van der Waals surface area (Å²) in [5.41, 5.74) is 2.39. The molecular formula is C19H19N3O3S2. The summed E-state index contributed by atoms with van der Waals surface area (Å²) in [7, 11) is -3.66. The number of aromatic nitrogens is 3. The molecule has 1 heterocycles. The van der Waals surface area contributed by atoms with Crippen molar-refractivity contribution in [3.05, 3.63) is 65.7 Å². The molecule has 3 aromatic rings. The van der Waals surface area contributed by atoms with Crippen LogP contribution in [-0.2, 0) is 16.3 Å². The van der Waals surface area contributed by atoms with Gasteiger partial charge in [0.05, 0.1) is 0 Å². The average molecular weight is 402 g/mol. The van der Waals surface area contributed by atoms with Crippen molar-refractivity contribution in [3.63, 3.8) is 0 Å². The molecule has 0 spiro atoms. The van der Waals surface area contributed by atoms with E-state index in [1.165, 1.54) is 5.56 Å².